The lowest BCUT2D eigenvalue weighted by molar-refractivity contribution is -0.116. The van der Waals surface area contributed by atoms with Crippen molar-refractivity contribution in [2.75, 3.05) is 12.4 Å². The molecule has 2 heterocycles. The number of thiophene rings is 1. The zero-order valence-corrected chi connectivity index (χ0v) is 18.2. The van der Waals surface area contributed by atoms with E-state index in [9.17, 15) is 14.4 Å². The fourth-order valence-electron chi connectivity index (χ4n) is 3.16. The molecule has 0 bridgehead atoms. The van der Waals surface area contributed by atoms with Gasteiger partial charge in [0.25, 0.3) is 5.56 Å². The Bertz CT molecular complexity index is 1370. The Labute approximate surface area is 183 Å². The molecule has 0 saturated carbocycles. The van der Waals surface area contributed by atoms with E-state index >= 15 is 0 Å². The molecule has 0 aliphatic rings. The van der Waals surface area contributed by atoms with E-state index in [-0.39, 0.29) is 12.5 Å². The lowest BCUT2D eigenvalue weighted by atomic mass is 10.3. The summed E-state index contributed by atoms with van der Waals surface area (Å²) in [6, 6.07) is 15.6. The van der Waals surface area contributed by atoms with E-state index in [2.05, 4.69) is 21.2 Å². The number of anilines is 1. The first kappa shape index (κ1) is 20.1. The maximum Gasteiger partial charge on any atom is 0.336 e. The van der Waals surface area contributed by atoms with Crippen molar-refractivity contribution in [1.29, 1.82) is 0 Å². The molecule has 2 aromatic carbocycles. The number of nitrogens with one attached hydrogen (secondary N) is 1. The Morgan fingerprint density at radius 2 is 1.83 bits per heavy atom. The molecule has 0 saturated heterocycles. The number of halogens is 1. The summed E-state index contributed by atoms with van der Waals surface area (Å²) in [6.07, 6.45) is 0. The minimum atomic E-state index is -0.613. The Morgan fingerprint density at radius 3 is 2.60 bits per heavy atom. The van der Waals surface area contributed by atoms with Gasteiger partial charge in [0, 0.05) is 4.47 Å². The third-order valence-corrected chi connectivity index (χ3v) is 6.11. The summed E-state index contributed by atoms with van der Waals surface area (Å²) in [6.45, 7) is -0.247. The van der Waals surface area contributed by atoms with Crippen LogP contribution in [0.1, 0.15) is 0 Å². The van der Waals surface area contributed by atoms with E-state index in [1.165, 1.54) is 23.0 Å². The molecular weight excluding hydrogens is 470 g/mol. The average Bonchev–Trinajstić information content (AvgIpc) is 3.23. The largest absolute Gasteiger partial charge is 0.495 e. The number of ether oxygens (including phenoxy) is 1. The zero-order chi connectivity index (χ0) is 21.3. The smallest absolute Gasteiger partial charge is 0.336 e. The van der Waals surface area contributed by atoms with Crippen LogP contribution in [0.4, 0.5) is 5.69 Å². The molecule has 7 nitrogen and oxygen atoms in total. The van der Waals surface area contributed by atoms with Crippen molar-refractivity contribution in [3.63, 3.8) is 0 Å². The number of benzene rings is 2. The number of hydrogen-bond donors (Lipinski definition) is 1. The standard InChI is InChI=1S/C21H16BrN3O4S/c1-29-17-9-5-4-8-15(17)25-20(27)19-16(10-11-30-19)24(21(25)28)12-18(26)23-14-7-3-2-6-13(14)22/h2-11H,12H2,1H3,(H,23,26). The number of methoxy groups -OCH3 is 1. The molecule has 30 heavy (non-hydrogen) atoms. The predicted molar refractivity (Wildman–Crippen MR) is 121 cm³/mol. The van der Waals surface area contributed by atoms with Gasteiger partial charge >= 0.3 is 5.69 Å². The first-order chi connectivity index (χ1) is 14.5. The summed E-state index contributed by atoms with van der Waals surface area (Å²) >= 11 is 4.60. The highest BCUT2D eigenvalue weighted by atomic mass is 79.9. The number of amides is 1. The van der Waals surface area contributed by atoms with Crippen LogP contribution in [0.25, 0.3) is 15.9 Å². The van der Waals surface area contributed by atoms with Gasteiger partial charge in [-0.1, -0.05) is 24.3 Å². The molecule has 2 aromatic heterocycles. The molecule has 4 aromatic rings. The number of nitrogens with zero attached hydrogens (tertiary/aromatic N) is 2. The minimum absolute atomic E-state index is 0.247. The number of carbonyl (C=O) groups is 1. The van der Waals surface area contributed by atoms with Crippen molar-refractivity contribution in [2.24, 2.45) is 0 Å². The molecule has 0 unspecified atom stereocenters. The maximum absolute atomic E-state index is 13.3. The lowest BCUT2D eigenvalue weighted by Crippen LogP contribution is -2.40. The van der Waals surface area contributed by atoms with Gasteiger partial charge in [0.1, 0.15) is 17.0 Å². The number of fused-ring (bicyclic) bond motifs is 1. The summed E-state index contributed by atoms with van der Waals surface area (Å²) in [5, 5.41) is 4.51. The molecule has 152 valence electrons. The van der Waals surface area contributed by atoms with Crippen LogP contribution in [0.15, 0.2) is 74.0 Å². The molecule has 0 aliphatic heterocycles. The van der Waals surface area contributed by atoms with E-state index in [1.54, 1.807) is 53.9 Å². The van der Waals surface area contributed by atoms with E-state index in [0.717, 1.165) is 9.04 Å². The van der Waals surface area contributed by atoms with Crippen molar-refractivity contribution >= 4 is 49.1 Å². The molecule has 4 rings (SSSR count). The van der Waals surface area contributed by atoms with Gasteiger partial charge in [-0.2, -0.15) is 0 Å². The van der Waals surface area contributed by atoms with Crippen LogP contribution in [-0.2, 0) is 11.3 Å². The fraction of sp³-hybridized carbons (Fsp3) is 0.0952. The minimum Gasteiger partial charge on any atom is -0.495 e. The lowest BCUT2D eigenvalue weighted by Gasteiger charge is -2.14. The number of carbonyl (C=O) groups excluding carboxylic acids is 1. The topological polar surface area (TPSA) is 82.3 Å². The Morgan fingerprint density at radius 1 is 1.10 bits per heavy atom. The molecule has 1 amide bonds. The second kappa shape index (κ2) is 8.29. The number of hydrogen-bond acceptors (Lipinski definition) is 5. The van der Waals surface area contributed by atoms with Gasteiger partial charge in [-0.3, -0.25) is 14.2 Å². The van der Waals surface area contributed by atoms with Crippen molar-refractivity contribution in [2.45, 2.75) is 6.54 Å². The monoisotopic (exact) mass is 485 g/mol. The maximum atomic E-state index is 13.3. The normalized spacial score (nSPS) is 10.9. The van der Waals surface area contributed by atoms with E-state index in [1.807, 2.05) is 6.07 Å². The zero-order valence-electron chi connectivity index (χ0n) is 15.8. The van der Waals surface area contributed by atoms with Gasteiger partial charge < -0.3 is 10.1 Å². The highest BCUT2D eigenvalue weighted by Gasteiger charge is 2.19. The van der Waals surface area contributed by atoms with E-state index in [4.69, 9.17) is 4.74 Å². The Balaban J connectivity index is 1.84. The molecule has 0 aliphatic carbocycles. The fourth-order valence-corrected chi connectivity index (χ4v) is 4.37. The van der Waals surface area contributed by atoms with E-state index < -0.39 is 11.2 Å². The summed E-state index contributed by atoms with van der Waals surface area (Å²) in [4.78, 5) is 39.1. The molecular formula is C21H16BrN3O4S. The van der Waals surface area contributed by atoms with Gasteiger partial charge in [-0.05, 0) is 51.6 Å². The summed E-state index contributed by atoms with van der Waals surface area (Å²) in [7, 11) is 1.47. The van der Waals surface area contributed by atoms with Crippen molar-refractivity contribution in [3.05, 3.63) is 85.3 Å². The first-order valence-electron chi connectivity index (χ1n) is 8.92. The van der Waals surface area contributed by atoms with Crippen LogP contribution < -0.4 is 21.3 Å². The highest BCUT2D eigenvalue weighted by Crippen LogP contribution is 2.23. The van der Waals surface area contributed by atoms with Crippen molar-refractivity contribution in [3.8, 4) is 11.4 Å². The van der Waals surface area contributed by atoms with Crippen LogP contribution >= 0.6 is 27.3 Å². The predicted octanol–water partition coefficient (Wildman–Crippen LogP) is 3.62. The van der Waals surface area contributed by atoms with Gasteiger partial charge in [-0.25, -0.2) is 9.36 Å². The molecule has 9 heteroatoms. The summed E-state index contributed by atoms with van der Waals surface area (Å²) in [5.41, 5.74) is 0.276. The number of rotatable bonds is 5. The van der Waals surface area contributed by atoms with Crippen LogP contribution in [0.5, 0.6) is 5.75 Å². The molecule has 0 fully saturated rings. The Kier molecular flexibility index (Phi) is 5.56. The second-order valence-corrected chi connectivity index (χ2v) is 8.11. The Hall–Kier alpha value is -3.17. The molecule has 1 N–H and O–H groups in total. The molecule has 0 spiro atoms. The van der Waals surface area contributed by atoms with Crippen molar-refractivity contribution < 1.29 is 9.53 Å². The average molecular weight is 486 g/mol. The highest BCUT2D eigenvalue weighted by molar-refractivity contribution is 9.10. The van der Waals surface area contributed by atoms with Gasteiger partial charge in [-0.15, -0.1) is 11.3 Å². The number of aromatic nitrogens is 2. The van der Waals surface area contributed by atoms with Crippen LogP contribution in [-0.4, -0.2) is 22.2 Å². The summed E-state index contributed by atoms with van der Waals surface area (Å²) in [5.74, 6) is -0.00134. The van der Waals surface area contributed by atoms with Crippen LogP contribution in [0, 0.1) is 0 Å². The quantitative estimate of drug-likeness (QED) is 0.467. The van der Waals surface area contributed by atoms with Gasteiger partial charge in [0.15, 0.2) is 0 Å². The van der Waals surface area contributed by atoms with Crippen LogP contribution in [0.2, 0.25) is 0 Å². The SMILES string of the molecule is COc1ccccc1-n1c(=O)c2sccc2n(CC(=O)Nc2ccccc2Br)c1=O. The van der Waals surface area contributed by atoms with Crippen molar-refractivity contribution in [1.82, 2.24) is 9.13 Å². The summed E-state index contributed by atoms with van der Waals surface area (Å²) < 4.78 is 8.78. The van der Waals surface area contributed by atoms with E-state index in [0.29, 0.717) is 27.3 Å². The molecule has 0 atom stereocenters. The number of para-hydroxylation sites is 3. The third-order valence-electron chi connectivity index (χ3n) is 4.53. The molecule has 0 radical (unpaired) electrons. The first-order valence-corrected chi connectivity index (χ1v) is 10.6. The second-order valence-electron chi connectivity index (χ2n) is 6.34. The van der Waals surface area contributed by atoms with Crippen LogP contribution in [0.3, 0.4) is 0 Å². The third kappa shape index (κ3) is 3.57. The van der Waals surface area contributed by atoms with Gasteiger partial charge in [0.05, 0.1) is 24.0 Å². The van der Waals surface area contributed by atoms with Gasteiger partial charge in [0.2, 0.25) is 5.91 Å².